The van der Waals surface area contributed by atoms with E-state index in [0.29, 0.717) is 17.8 Å². The Morgan fingerprint density at radius 2 is 1.30 bits per heavy atom. The summed E-state index contributed by atoms with van der Waals surface area (Å²) in [7, 11) is 1.73. The van der Waals surface area contributed by atoms with Crippen molar-refractivity contribution in [1.82, 2.24) is 9.80 Å². The van der Waals surface area contributed by atoms with Crippen molar-refractivity contribution in [3.05, 3.63) is 58.7 Å². The predicted octanol–water partition coefficient (Wildman–Crippen LogP) is 3.71. The normalized spacial score (nSPS) is 27.0. The SMILES string of the molecule is CCCN1C[C@H](CO)O[C@@H]2Cc3c(O)cccc3C[C@H]21.CCCN1C[C@H](CO)O[C@@H]2Cc3c(cccc3OC)C[C@H]21.O=CC(F)(F)F. The number of phenolic OH excluding ortho intramolecular Hbond substituents is 1. The Morgan fingerprint density at radius 3 is 1.74 bits per heavy atom. The Balaban J connectivity index is 0.000000182. The van der Waals surface area contributed by atoms with Crippen molar-refractivity contribution in [3.8, 4) is 11.5 Å². The topological polar surface area (TPSA) is 112 Å². The number of alkyl halides is 3. The molecule has 2 aromatic carbocycles. The molecule has 0 bridgehead atoms. The number of aliphatic hydroxyl groups is 2. The van der Waals surface area contributed by atoms with Crippen LogP contribution in [0.4, 0.5) is 13.2 Å². The Morgan fingerprint density at radius 1 is 0.830 bits per heavy atom. The van der Waals surface area contributed by atoms with Crippen LogP contribution in [0.15, 0.2) is 36.4 Å². The van der Waals surface area contributed by atoms with Crippen LogP contribution < -0.4 is 4.74 Å². The van der Waals surface area contributed by atoms with Gasteiger partial charge in [-0.3, -0.25) is 14.6 Å². The van der Waals surface area contributed by atoms with E-state index in [0.717, 1.165) is 76.0 Å². The van der Waals surface area contributed by atoms with Crippen LogP contribution in [-0.4, -0.2) is 121 Å². The van der Waals surface area contributed by atoms with Crippen LogP contribution in [0.1, 0.15) is 48.9 Å². The molecule has 2 aliphatic heterocycles. The zero-order valence-corrected chi connectivity index (χ0v) is 27.5. The molecule has 6 atom stereocenters. The minimum absolute atomic E-state index is 0.0611. The van der Waals surface area contributed by atoms with E-state index in [2.05, 4.69) is 41.8 Å². The van der Waals surface area contributed by atoms with E-state index in [9.17, 15) is 28.5 Å². The Kier molecular flexibility index (Phi) is 13.5. The highest BCUT2D eigenvalue weighted by molar-refractivity contribution is 5.56. The van der Waals surface area contributed by atoms with Crippen LogP contribution in [-0.2, 0) is 40.0 Å². The molecule has 262 valence electrons. The molecule has 0 radical (unpaired) electrons. The Hall–Kier alpha value is -2.74. The van der Waals surface area contributed by atoms with Gasteiger partial charge in [0.2, 0.25) is 6.29 Å². The summed E-state index contributed by atoms with van der Waals surface area (Å²) in [6, 6.07) is 12.9. The van der Waals surface area contributed by atoms with Gasteiger partial charge in [0.1, 0.15) is 11.5 Å². The lowest BCUT2D eigenvalue weighted by Crippen LogP contribution is -2.58. The number of ether oxygens (including phenoxy) is 3. The van der Waals surface area contributed by atoms with Gasteiger partial charge >= 0.3 is 6.18 Å². The molecule has 0 amide bonds. The molecule has 0 spiro atoms. The van der Waals surface area contributed by atoms with Gasteiger partial charge in [-0.15, -0.1) is 0 Å². The van der Waals surface area contributed by atoms with E-state index in [1.807, 2.05) is 12.1 Å². The average molecular weight is 667 g/mol. The van der Waals surface area contributed by atoms with Crippen molar-refractivity contribution in [3.63, 3.8) is 0 Å². The quantitative estimate of drug-likeness (QED) is 0.381. The molecule has 0 aromatic heterocycles. The third-order valence-corrected chi connectivity index (χ3v) is 9.34. The largest absolute Gasteiger partial charge is 0.508 e. The molecule has 2 aromatic rings. The van der Waals surface area contributed by atoms with E-state index < -0.39 is 12.5 Å². The summed E-state index contributed by atoms with van der Waals surface area (Å²) in [6.45, 7) is 8.30. The maximum Gasteiger partial charge on any atom is 0.446 e. The lowest BCUT2D eigenvalue weighted by Gasteiger charge is -2.47. The van der Waals surface area contributed by atoms with Gasteiger partial charge in [-0.1, -0.05) is 38.1 Å². The first-order valence-corrected chi connectivity index (χ1v) is 16.5. The van der Waals surface area contributed by atoms with Crippen molar-refractivity contribution in [2.24, 2.45) is 0 Å². The molecular formula is C35H49F3N2O7. The van der Waals surface area contributed by atoms with Crippen LogP contribution >= 0.6 is 0 Å². The minimum Gasteiger partial charge on any atom is -0.508 e. The van der Waals surface area contributed by atoms with Gasteiger partial charge in [0.15, 0.2) is 0 Å². The molecule has 6 rings (SSSR count). The standard InChI is InChI=1S/C17H25NO3.C16H23NO3.C2HF3O/c1-3-7-18-10-13(11-19)21-17-9-14-12(8-15(17)18)5-4-6-16(14)20-2;1-2-6-17-9-12(10-18)20-16-8-13-11(7-14(16)17)4-3-5-15(13)19;3-2(4,5)1-6/h4-6,13,15,17,19H,3,7-11H2,1-2H3;3-5,12,14,16,18-19H,2,6-10H2,1H3;1H/t13-,15-,17-;12-,14-,16-;/m11./s1. The first-order valence-electron chi connectivity index (χ1n) is 16.5. The number of aliphatic hydroxyl groups excluding tert-OH is 2. The highest BCUT2D eigenvalue weighted by atomic mass is 19.4. The van der Waals surface area contributed by atoms with Crippen LogP contribution in [0.2, 0.25) is 0 Å². The lowest BCUT2D eigenvalue weighted by molar-refractivity contribution is -0.156. The van der Waals surface area contributed by atoms with Crippen molar-refractivity contribution in [1.29, 1.82) is 0 Å². The van der Waals surface area contributed by atoms with E-state index in [1.54, 1.807) is 13.2 Å². The number of hydrogen-bond donors (Lipinski definition) is 3. The van der Waals surface area contributed by atoms with E-state index >= 15 is 0 Å². The Bertz CT molecular complexity index is 1300. The van der Waals surface area contributed by atoms with Crippen molar-refractivity contribution in [2.75, 3.05) is 46.5 Å². The molecule has 47 heavy (non-hydrogen) atoms. The third-order valence-electron chi connectivity index (χ3n) is 9.34. The molecular weight excluding hydrogens is 617 g/mol. The van der Waals surface area contributed by atoms with Gasteiger partial charge in [0.05, 0.1) is 44.7 Å². The number of halogens is 3. The van der Waals surface area contributed by atoms with Crippen molar-refractivity contribution < 1.29 is 47.5 Å². The number of carbonyl (C=O) groups is 1. The summed E-state index contributed by atoms with van der Waals surface area (Å²) in [4.78, 5) is 13.6. The summed E-state index contributed by atoms with van der Waals surface area (Å²) in [5.74, 6) is 1.33. The van der Waals surface area contributed by atoms with E-state index in [-0.39, 0.29) is 37.6 Å². The second-order valence-electron chi connectivity index (χ2n) is 12.6. The number of methoxy groups -OCH3 is 1. The second-order valence-corrected chi connectivity index (χ2v) is 12.6. The van der Waals surface area contributed by atoms with Crippen molar-refractivity contribution >= 4 is 6.29 Å². The first kappa shape index (κ1) is 37.1. The molecule has 12 heteroatoms. The fourth-order valence-corrected chi connectivity index (χ4v) is 7.33. The number of nitrogens with zero attached hydrogens (tertiary/aromatic N) is 2. The van der Waals surface area contributed by atoms with Gasteiger partial charge in [0.25, 0.3) is 0 Å². The number of benzene rings is 2. The molecule has 0 saturated carbocycles. The summed E-state index contributed by atoms with van der Waals surface area (Å²) in [5.41, 5.74) is 4.90. The number of fused-ring (bicyclic) bond motifs is 4. The molecule has 2 heterocycles. The summed E-state index contributed by atoms with van der Waals surface area (Å²) in [5, 5.41) is 28.9. The van der Waals surface area contributed by atoms with Crippen LogP contribution in [0.5, 0.6) is 11.5 Å². The molecule has 3 N–H and O–H groups in total. The predicted molar refractivity (Wildman–Crippen MR) is 171 cm³/mol. The first-order chi connectivity index (χ1) is 22.5. The highest BCUT2D eigenvalue weighted by Gasteiger charge is 2.41. The van der Waals surface area contributed by atoms with Gasteiger partial charge < -0.3 is 29.5 Å². The molecule has 4 aliphatic rings. The summed E-state index contributed by atoms with van der Waals surface area (Å²) >= 11 is 0. The third kappa shape index (κ3) is 9.45. The molecule has 2 fully saturated rings. The molecule has 2 aliphatic carbocycles. The van der Waals surface area contributed by atoms with Gasteiger partial charge in [-0.2, -0.15) is 13.2 Å². The highest BCUT2D eigenvalue weighted by Crippen LogP contribution is 2.36. The zero-order valence-electron chi connectivity index (χ0n) is 27.5. The molecule has 2 saturated heterocycles. The summed E-state index contributed by atoms with van der Waals surface area (Å²) in [6.07, 6.45) is 0.156. The van der Waals surface area contributed by atoms with Crippen LogP contribution in [0, 0.1) is 0 Å². The van der Waals surface area contributed by atoms with Crippen LogP contribution in [0.25, 0.3) is 0 Å². The maximum absolute atomic E-state index is 10.4. The lowest BCUT2D eigenvalue weighted by atomic mass is 9.83. The molecule has 0 unspecified atom stereocenters. The maximum atomic E-state index is 10.4. The molecule has 9 nitrogen and oxygen atoms in total. The second kappa shape index (κ2) is 17.1. The zero-order chi connectivity index (χ0) is 34.1. The van der Waals surface area contributed by atoms with E-state index in [1.165, 1.54) is 16.7 Å². The van der Waals surface area contributed by atoms with Gasteiger partial charge in [0, 0.05) is 38.0 Å². The fraction of sp³-hybridized carbons (Fsp3) is 0.629. The number of morpholine rings is 2. The number of phenols is 1. The number of aldehydes is 1. The van der Waals surface area contributed by atoms with Gasteiger partial charge in [-0.05, 0) is 73.2 Å². The fourth-order valence-electron chi connectivity index (χ4n) is 7.33. The number of aromatic hydroxyl groups is 1. The van der Waals surface area contributed by atoms with Gasteiger partial charge in [-0.25, -0.2) is 0 Å². The minimum atomic E-state index is -4.64. The monoisotopic (exact) mass is 666 g/mol. The number of rotatable bonds is 7. The summed E-state index contributed by atoms with van der Waals surface area (Å²) < 4.78 is 48.9. The van der Waals surface area contributed by atoms with E-state index in [4.69, 9.17) is 19.0 Å². The number of carbonyl (C=O) groups excluding carboxylic acids is 1. The van der Waals surface area contributed by atoms with Crippen LogP contribution in [0.3, 0.4) is 0 Å². The number of hydrogen-bond acceptors (Lipinski definition) is 9. The smallest absolute Gasteiger partial charge is 0.446 e. The van der Waals surface area contributed by atoms with Crippen molar-refractivity contribution in [2.45, 2.75) is 95.0 Å². The average Bonchev–Trinajstić information content (AvgIpc) is 3.07. The Labute approximate surface area is 275 Å².